The molecule has 0 aliphatic heterocycles. The van der Waals surface area contributed by atoms with Crippen LogP contribution < -0.4 is 0 Å². The predicted molar refractivity (Wildman–Crippen MR) is 79.9 cm³/mol. The summed E-state index contributed by atoms with van der Waals surface area (Å²) in [6.45, 7) is 0. The van der Waals surface area contributed by atoms with Gasteiger partial charge < -0.3 is 0 Å². The first-order chi connectivity index (χ1) is 9.91. The van der Waals surface area contributed by atoms with Gasteiger partial charge in [-0.1, -0.05) is 0 Å². The third-order valence-electron chi connectivity index (χ3n) is 1.08. The van der Waals surface area contributed by atoms with E-state index in [4.69, 9.17) is 12.8 Å². The van der Waals surface area contributed by atoms with Crippen LogP contribution in [0.25, 0.3) is 0 Å². The first-order valence-electron chi connectivity index (χ1n) is 4.83. The van der Waals surface area contributed by atoms with E-state index in [1.807, 2.05) is 0 Å². The maximum Gasteiger partial charge on any atom is 0 e. The van der Waals surface area contributed by atoms with Crippen molar-refractivity contribution >= 4 is 0 Å². The quantitative estimate of drug-likeness (QED) is 0.535. The zero-order valence-electron chi connectivity index (χ0n) is 10.2. The first-order valence-corrected chi connectivity index (χ1v) is 4.83. The van der Waals surface area contributed by atoms with E-state index in [1.54, 1.807) is 0 Å². The highest BCUT2D eigenvalue weighted by Gasteiger charge is 1.57. The van der Waals surface area contributed by atoms with Crippen LogP contribution in [0.3, 0.4) is 0 Å². The van der Waals surface area contributed by atoms with E-state index in [0.29, 0.717) is 0 Å². The van der Waals surface area contributed by atoms with Crippen LogP contribution in [0.4, 0.5) is 0 Å². The molecule has 0 N–H and O–H groups in total. The molecule has 0 aliphatic rings. The molecule has 0 atom stereocenters. The Hall–Kier alpha value is -4.40. The van der Waals surface area contributed by atoms with Gasteiger partial charge in [-0.15, -0.1) is 12.8 Å². The molecule has 0 aliphatic carbocycles. The Morgan fingerprint density at radius 1 is 0.250 bits per heavy atom. The SMILES string of the molecule is C#CC#CC#CC#CC#CC#CC#CC#CC#CC#C. The molecule has 20 heavy (non-hydrogen) atoms. The second-order valence-electron chi connectivity index (χ2n) is 2.29. The molecule has 0 rings (SSSR count). The normalized spacial score (nSPS) is 3.70. The van der Waals surface area contributed by atoms with E-state index in [9.17, 15) is 0 Å². The molecule has 0 aromatic heterocycles. The van der Waals surface area contributed by atoms with Gasteiger partial charge in [-0.2, -0.15) is 0 Å². The van der Waals surface area contributed by atoms with Gasteiger partial charge >= 0.3 is 0 Å². The third-order valence-corrected chi connectivity index (χ3v) is 1.08. The number of hydrogen-bond acceptors (Lipinski definition) is 0. The summed E-state index contributed by atoms with van der Waals surface area (Å²) in [6, 6.07) is 0. The fourth-order valence-electron chi connectivity index (χ4n) is 0.510. The molecular weight excluding hydrogens is 240 g/mol. The highest BCUT2D eigenvalue weighted by atomic mass is 13.6. The standard InChI is InChI=1S/C20H2/c1-3-5-7-9-11-13-15-17-19-20-18-16-14-12-10-8-6-4-2/h1-2H. The van der Waals surface area contributed by atoms with Crippen molar-refractivity contribution < 1.29 is 0 Å². The van der Waals surface area contributed by atoms with Crippen molar-refractivity contribution in [3.05, 3.63) is 0 Å². The Balaban J connectivity index is 4.34. The smallest absolute Gasteiger partial charge is 0 e. The van der Waals surface area contributed by atoms with Crippen LogP contribution in [-0.4, -0.2) is 0 Å². The van der Waals surface area contributed by atoms with Crippen LogP contribution in [0.1, 0.15) is 0 Å². The van der Waals surface area contributed by atoms with Crippen molar-refractivity contribution in [3.63, 3.8) is 0 Å². The summed E-state index contributed by atoms with van der Waals surface area (Å²) in [4.78, 5) is 0. The molecular formula is C20H2. The summed E-state index contributed by atoms with van der Waals surface area (Å²) >= 11 is 0. The highest BCUT2D eigenvalue weighted by molar-refractivity contribution is 5.46. The average molecular weight is 242 g/mol. The van der Waals surface area contributed by atoms with Crippen molar-refractivity contribution in [2.24, 2.45) is 0 Å². The highest BCUT2D eigenvalue weighted by Crippen LogP contribution is 1.58. The van der Waals surface area contributed by atoms with Crippen LogP contribution in [0.15, 0.2) is 0 Å². The van der Waals surface area contributed by atoms with E-state index in [1.165, 1.54) is 0 Å². The number of hydrogen-bond donors (Lipinski definition) is 0. The van der Waals surface area contributed by atoms with Crippen LogP contribution in [0.2, 0.25) is 0 Å². The monoisotopic (exact) mass is 242 g/mol. The minimum Gasteiger partial charge on any atom is -0.106 e. The molecule has 0 aromatic carbocycles. The van der Waals surface area contributed by atoms with Crippen LogP contribution in [0.5, 0.6) is 0 Å². The molecule has 0 spiro atoms. The van der Waals surface area contributed by atoms with Gasteiger partial charge in [0.2, 0.25) is 0 Å². The van der Waals surface area contributed by atoms with E-state index in [0.717, 1.165) is 0 Å². The fourth-order valence-corrected chi connectivity index (χ4v) is 0.510. The molecule has 0 heterocycles. The number of terminal acetylenes is 2. The predicted octanol–water partition coefficient (Wildman–Crippen LogP) is 0.280. The largest absolute Gasteiger partial charge is 0.106 e. The van der Waals surface area contributed by atoms with Crippen LogP contribution in [0, 0.1) is 119 Å². The maximum absolute atomic E-state index is 4.89. The lowest BCUT2D eigenvalue weighted by Crippen LogP contribution is -1.56. The molecule has 0 heteroatoms. The van der Waals surface area contributed by atoms with Gasteiger partial charge in [0.1, 0.15) is 0 Å². The molecule has 0 saturated heterocycles. The molecule has 0 bridgehead atoms. The van der Waals surface area contributed by atoms with Crippen LogP contribution in [-0.2, 0) is 0 Å². The van der Waals surface area contributed by atoms with Crippen molar-refractivity contribution in [1.82, 2.24) is 0 Å². The zero-order chi connectivity index (χ0) is 14.7. The van der Waals surface area contributed by atoms with Gasteiger partial charge in [0.05, 0.1) is 0 Å². The minimum atomic E-state index is 2.12. The minimum absolute atomic E-state index is 2.12. The lowest BCUT2D eigenvalue weighted by atomic mass is 10.5. The first kappa shape index (κ1) is 15.6. The summed E-state index contributed by atoms with van der Waals surface area (Å²) < 4.78 is 0. The zero-order valence-corrected chi connectivity index (χ0v) is 10.2. The molecule has 82 valence electrons. The Labute approximate surface area is 120 Å². The Bertz CT molecular complexity index is 857. The van der Waals surface area contributed by atoms with Gasteiger partial charge in [0.25, 0.3) is 0 Å². The molecule has 0 amide bonds. The van der Waals surface area contributed by atoms with Crippen molar-refractivity contribution in [2.75, 3.05) is 0 Å². The van der Waals surface area contributed by atoms with Gasteiger partial charge in [-0.05, 0) is 94.7 Å². The lowest BCUT2D eigenvalue weighted by Gasteiger charge is -1.56. The van der Waals surface area contributed by atoms with E-state index >= 15 is 0 Å². The summed E-state index contributed by atoms with van der Waals surface area (Å²) in [5, 5.41) is 0. The summed E-state index contributed by atoms with van der Waals surface area (Å²) in [5.41, 5.74) is 0. The summed E-state index contributed by atoms with van der Waals surface area (Å²) in [7, 11) is 0. The molecule has 0 aromatic rings. The van der Waals surface area contributed by atoms with Gasteiger partial charge in [-0.3, -0.25) is 0 Å². The third kappa shape index (κ3) is 13.6. The van der Waals surface area contributed by atoms with Gasteiger partial charge in [0, 0.05) is 11.8 Å². The fraction of sp³-hybridized carbons (Fsp3) is 0. The van der Waals surface area contributed by atoms with Gasteiger partial charge in [0.15, 0.2) is 0 Å². The summed E-state index contributed by atoms with van der Waals surface area (Å²) in [6.07, 6.45) is 9.78. The van der Waals surface area contributed by atoms with Crippen LogP contribution >= 0.6 is 0 Å². The Morgan fingerprint density at radius 2 is 0.400 bits per heavy atom. The molecule has 0 fully saturated rings. The van der Waals surface area contributed by atoms with Gasteiger partial charge in [-0.25, -0.2) is 0 Å². The molecule has 0 saturated carbocycles. The topological polar surface area (TPSA) is 0 Å². The molecule has 0 radical (unpaired) electrons. The molecule has 0 unspecified atom stereocenters. The Kier molecular flexibility index (Phi) is 11.4. The van der Waals surface area contributed by atoms with E-state index in [-0.39, 0.29) is 0 Å². The average Bonchev–Trinajstić information content (AvgIpc) is 2.47. The van der Waals surface area contributed by atoms with E-state index in [2.05, 4.69) is 107 Å². The number of rotatable bonds is 0. The van der Waals surface area contributed by atoms with Crippen molar-refractivity contribution in [2.45, 2.75) is 0 Å². The van der Waals surface area contributed by atoms with E-state index < -0.39 is 0 Å². The maximum atomic E-state index is 4.89. The summed E-state index contributed by atoms with van der Waals surface area (Å²) in [5.74, 6) is 43.2. The Morgan fingerprint density at radius 3 is 0.550 bits per heavy atom. The second kappa shape index (κ2) is 14.6. The lowest BCUT2D eigenvalue weighted by molar-refractivity contribution is 2.33. The second-order valence-corrected chi connectivity index (χ2v) is 2.29. The molecule has 0 nitrogen and oxygen atoms in total. The van der Waals surface area contributed by atoms with Crippen molar-refractivity contribution in [3.8, 4) is 119 Å². The van der Waals surface area contributed by atoms with Crippen molar-refractivity contribution in [1.29, 1.82) is 0 Å².